The molecule has 0 aromatic carbocycles. The van der Waals surface area contributed by atoms with Crippen LogP contribution >= 0.6 is 22.6 Å². The quantitative estimate of drug-likeness (QED) is 0.348. The molecule has 0 amide bonds. The Morgan fingerprint density at radius 3 is 2.36 bits per heavy atom. The third-order valence-electron chi connectivity index (χ3n) is 1.53. The fourth-order valence-electron chi connectivity index (χ4n) is 0.887. The van der Waals surface area contributed by atoms with E-state index in [2.05, 4.69) is 36.1 Å². The van der Waals surface area contributed by atoms with Gasteiger partial charge in [-0.25, -0.2) is 0 Å². The molecule has 0 aliphatic carbocycles. The van der Waals surface area contributed by atoms with Gasteiger partial charge in [-0.2, -0.15) is 0 Å². The Kier molecular flexibility index (Phi) is 5.46. The van der Waals surface area contributed by atoms with Gasteiger partial charge in [-0.15, -0.1) is 0 Å². The summed E-state index contributed by atoms with van der Waals surface area (Å²) >= 11 is 2.34. The van der Waals surface area contributed by atoms with Crippen LogP contribution in [-0.2, 0) is 0 Å². The highest BCUT2D eigenvalue weighted by Gasteiger charge is 1.98. The average molecular weight is 263 g/mol. The molecule has 0 aliphatic heterocycles. The molecule has 0 aromatic heterocycles. The van der Waals surface area contributed by atoms with Gasteiger partial charge < -0.3 is 5.41 Å². The second-order valence-corrected chi connectivity index (χ2v) is 3.64. The normalized spacial score (nSPS) is 12.3. The van der Waals surface area contributed by atoms with Gasteiger partial charge in [-0.3, -0.25) is 0 Å². The van der Waals surface area contributed by atoms with Crippen molar-refractivity contribution in [2.45, 2.75) is 20.3 Å². The van der Waals surface area contributed by atoms with E-state index in [4.69, 9.17) is 5.41 Å². The van der Waals surface area contributed by atoms with Crippen LogP contribution in [-0.4, -0.2) is 10.6 Å². The Morgan fingerprint density at radius 1 is 1.55 bits per heavy atom. The zero-order valence-corrected chi connectivity index (χ0v) is 9.23. The highest BCUT2D eigenvalue weighted by Crippen LogP contribution is 2.14. The van der Waals surface area contributed by atoms with Crippen molar-refractivity contribution >= 4 is 28.8 Å². The van der Waals surface area contributed by atoms with Gasteiger partial charge in [0.2, 0.25) is 0 Å². The Balaban J connectivity index is 4.53. The molecule has 0 radical (unpaired) electrons. The van der Waals surface area contributed by atoms with Crippen molar-refractivity contribution in [3.63, 3.8) is 0 Å². The Hall–Kier alpha value is -0.120. The lowest BCUT2D eigenvalue weighted by molar-refractivity contribution is 1.11. The van der Waals surface area contributed by atoms with Gasteiger partial charge in [0.05, 0.1) is 0 Å². The summed E-state index contributed by atoms with van der Waals surface area (Å²) in [6.45, 7) is 7.82. The molecule has 0 heterocycles. The molecular formula is C9H14IN. The third kappa shape index (κ3) is 3.70. The summed E-state index contributed by atoms with van der Waals surface area (Å²) in [6, 6.07) is 0. The minimum absolute atomic E-state index is 0.988. The molecule has 0 aromatic rings. The van der Waals surface area contributed by atoms with E-state index in [0.717, 1.165) is 22.0 Å². The van der Waals surface area contributed by atoms with Crippen LogP contribution in [0.4, 0.5) is 0 Å². The van der Waals surface area contributed by atoms with E-state index in [9.17, 15) is 0 Å². The lowest BCUT2D eigenvalue weighted by atomic mass is 10.0. The van der Waals surface area contributed by atoms with Crippen LogP contribution in [0.2, 0.25) is 0 Å². The summed E-state index contributed by atoms with van der Waals surface area (Å²) in [5.41, 5.74) is 3.26. The lowest BCUT2D eigenvalue weighted by Crippen LogP contribution is -1.91. The maximum atomic E-state index is 7.15. The maximum Gasteiger partial charge on any atom is 0.0252 e. The van der Waals surface area contributed by atoms with Crippen molar-refractivity contribution in [3.05, 3.63) is 23.3 Å². The summed E-state index contributed by atoms with van der Waals surface area (Å²) in [5, 5.41) is 7.15. The molecule has 0 saturated heterocycles. The van der Waals surface area contributed by atoms with E-state index < -0.39 is 0 Å². The highest BCUT2D eigenvalue weighted by atomic mass is 127. The molecule has 0 spiro atoms. The molecule has 0 atom stereocenters. The minimum atomic E-state index is 0.988. The number of rotatable bonds is 4. The molecule has 0 unspecified atom stereocenters. The van der Waals surface area contributed by atoms with E-state index in [1.165, 1.54) is 11.8 Å². The van der Waals surface area contributed by atoms with E-state index in [1.807, 2.05) is 6.92 Å². The summed E-state index contributed by atoms with van der Waals surface area (Å²) < 4.78 is 1.11. The number of nitrogens with one attached hydrogen (secondary N) is 1. The molecule has 62 valence electrons. The summed E-state index contributed by atoms with van der Waals surface area (Å²) in [4.78, 5) is 0. The third-order valence-corrected chi connectivity index (χ3v) is 2.07. The van der Waals surface area contributed by atoms with E-state index in [1.54, 1.807) is 0 Å². The van der Waals surface area contributed by atoms with Crippen molar-refractivity contribution in [1.29, 1.82) is 5.41 Å². The number of hydrogen-bond donors (Lipinski definition) is 1. The number of alkyl halides is 1. The van der Waals surface area contributed by atoms with Crippen LogP contribution in [0.3, 0.4) is 0 Å². The zero-order chi connectivity index (χ0) is 8.85. The molecule has 0 aliphatic rings. The van der Waals surface area contributed by atoms with Crippen LogP contribution in [0.1, 0.15) is 20.3 Å². The standard InChI is InChI=1S/C9H14IN/c1-7(2)9(6-11)8(3)4-5-10/h6,11H,1,4-5H2,2-3H3/b9-8-,11-6?. The first-order valence-electron chi connectivity index (χ1n) is 3.55. The minimum Gasteiger partial charge on any atom is -0.308 e. The number of allylic oxidation sites excluding steroid dienone is 3. The van der Waals surface area contributed by atoms with Gasteiger partial charge >= 0.3 is 0 Å². The van der Waals surface area contributed by atoms with Gasteiger partial charge in [0, 0.05) is 10.6 Å². The Morgan fingerprint density at radius 2 is 2.09 bits per heavy atom. The highest BCUT2D eigenvalue weighted by molar-refractivity contribution is 14.1. The van der Waals surface area contributed by atoms with Crippen molar-refractivity contribution in [2.24, 2.45) is 0 Å². The van der Waals surface area contributed by atoms with Crippen LogP contribution in [0.5, 0.6) is 0 Å². The summed E-state index contributed by atoms with van der Waals surface area (Å²) in [6.07, 6.45) is 2.45. The van der Waals surface area contributed by atoms with Crippen molar-refractivity contribution < 1.29 is 0 Å². The number of hydrogen-bond acceptors (Lipinski definition) is 1. The predicted molar refractivity (Wildman–Crippen MR) is 59.8 cm³/mol. The molecule has 0 rings (SSSR count). The fraction of sp³-hybridized carbons (Fsp3) is 0.444. The van der Waals surface area contributed by atoms with Crippen LogP contribution in [0.15, 0.2) is 23.3 Å². The van der Waals surface area contributed by atoms with E-state index in [-0.39, 0.29) is 0 Å². The van der Waals surface area contributed by atoms with Crippen LogP contribution < -0.4 is 0 Å². The SMILES string of the molecule is C=C(C)/C(C=N)=C(/C)CCI. The molecule has 0 saturated carbocycles. The van der Waals surface area contributed by atoms with Gasteiger partial charge in [0.1, 0.15) is 0 Å². The smallest absolute Gasteiger partial charge is 0.0252 e. The van der Waals surface area contributed by atoms with E-state index in [0.29, 0.717) is 0 Å². The van der Waals surface area contributed by atoms with Gasteiger partial charge in [-0.05, 0) is 31.4 Å². The predicted octanol–water partition coefficient (Wildman–Crippen LogP) is 3.35. The molecule has 2 heteroatoms. The Bertz CT molecular complexity index is 192. The average Bonchev–Trinajstić information content (AvgIpc) is 1.88. The van der Waals surface area contributed by atoms with Gasteiger partial charge in [-0.1, -0.05) is 34.7 Å². The van der Waals surface area contributed by atoms with Gasteiger partial charge in [0.15, 0.2) is 0 Å². The molecule has 0 bridgehead atoms. The van der Waals surface area contributed by atoms with Crippen molar-refractivity contribution in [3.8, 4) is 0 Å². The fourth-order valence-corrected chi connectivity index (χ4v) is 1.70. The first-order valence-corrected chi connectivity index (χ1v) is 5.08. The second-order valence-electron chi connectivity index (χ2n) is 2.56. The number of halogens is 1. The largest absolute Gasteiger partial charge is 0.308 e. The molecule has 0 fully saturated rings. The first-order chi connectivity index (χ1) is 5.13. The van der Waals surface area contributed by atoms with E-state index >= 15 is 0 Å². The van der Waals surface area contributed by atoms with Crippen LogP contribution in [0, 0.1) is 5.41 Å². The monoisotopic (exact) mass is 263 g/mol. The van der Waals surface area contributed by atoms with Crippen molar-refractivity contribution in [1.82, 2.24) is 0 Å². The molecule has 1 nitrogen and oxygen atoms in total. The molecular weight excluding hydrogens is 249 g/mol. The summed E-state index contributed by atoms with van der Waals surface area (Å²) in [7, 11) is 0. The Labute approximate surface area is 82.2 Å². The summed E-state index contributed by atoms with van der Waals surface area (Å²) in [5.74, 6) is 0. The topological polar surface area (TPSA) is 23.9 Å². The molecule has 11 heavy (non-hydrogen) atoms. The lowest BCUT2D eigenvalue weighted by Gasteiger charge is -2.04. The maximum absolute atomic E-state index is 7.15. The van der Waals surface area contributed by atoms with Crippen molar-refractivity contribution in [2.75, 3.05) is 4.43 Å². The van der Waals surface area contributed by atoms with Gasteiger partial charge in [0.25, 0.3) is 0 Å². The molecule has 1 N–H and O–H groups in total. The zero-order valence-electron chi connectivity index (χ0n) is 7.08. The first kappa shape index (κ1) is 10.9. The second kappa shape index (κ2) is 5.52. The van der Waals surface area contributed by atoms with Crippen LogP contribution in [0.25, 0.3) is 0 Å².